The standard InChI is InChI=1S/C28H29FIN3O4/c1-14-18-9-6-10-35-24(18)21(29)12-19(14)23-22(25-27(34)37-28(3,4)36-25)15(2)32-26-20(13-31-33(23)26)16-7-5-8-17(30)11-16/h11-13,17,25H,5-10H2,1-4H3. The van der Waals surface area contributed by atoms with Crippen LogP contribution in [0.15, 0.2) is 18.3 Å². The third-order valence-corrected chi connectivity index (χ3v) is 8.43. The molecule has 3 aliphatic rings. The first kappa shape index (κ1) is 24.8. The van der Waals surface area contributed by atoms with E-state index in [4.69, 9.17) is 24.3 Å². The van der Waals surface area contributed by atoms with Crippen LogP contribution in [0.5, 0.6) is 5.75 Å². The highest BCUT2D eigenvalue weighted by Crippen LogP contribution is 2.44. The summed E-state index contributed by atoms with van der Waals surface area (Å²) in [5.41, 5.74) is 7.02. The van der Waals surface area contributed by atoms with E-state index in [0.29, 0.717) is 44.4 Å². The highest BCUT2D eigenvalue weighted by Gasteiger charge is 2.45. The number of rotatable bonds is 3. The first-order chi connectivity index (χ1) is 17.6. The molecule has 3 aromatic rings. The summed E-state index contributed by atoms with van der Waals surface area (Å²) in [6.07, 6.45) is 7.86. The SMILES string of the molecule is Cc1nc2c(C3=CC(I)CCC3)cnn2c(-c2cc(F)c3c(c2C)CCCO3)c1C1OC(C)(C)OC1=O. The first-order valence-corrected chi connectivity index (χ1v) is 14.0. The Balaban J connectivity index is 1.65. The van der Waals surface area contributed by atoms with Gasteiger partial charge in [0.1, 0.15) is 0 Å². The van der Waals surface area contributed by atoms with Gasteiger partial charge in [0.2, 0.25) is 5.79 Å². The van der Waals surface area contributed by atoms with E-state index in [0.717, 1.165) is 48.8 Å². The molecule has 0 N–H and O–H groups in total. The van der Waals surface area contributed by atoms with Crippen molar-refractivity contribution < 1.29 is 23.4 Å². The molecule has 1 saturated heterocycles. The Morgan fingerprint density at radius 1 is 1.19 bits per heavy atom. The number of cyclic esters (lactones) is 1. The van der Waals surface area contributed by atoms with Gasteiger partial charge >= 0.3 is 5.97 Å². The molecule has 37 heavy (non-hydrogen) atoms. The molecule has 0 saturated carbocycles. The van der Waals surface area contributed by atoms with Crippen molar-refractivity contribution in [3.63, 3.8) is 0 Å². The molecule has 2 aliphatic heterocycles. The number of carbonyl (C=O) groups is 1. The zero-order valence-corrected chi connectivity index (χ0v) is 23.5. The molecular formula is C28H29FIN3O4. The molecule has 1 aromatic carbocycles. The predicted molar refractivity (Wildman–Crippen MR) is 145 cm³/mol. The van der Waals surface area contributed by atoms with E-state index in [1.807, 2.05) is 20.0 Å². The van der Waals surface area contributed by atoms with E-state index in [-0.39, 0.29) is 0 Å². The third kappa shape index (κ3) is 4.14. The summed E-state index contributed by atoms with van der Waals surface area (Å²) in [5.74, 6) is -1.68. The number of allylic oxidation sites excluding steroid dienone is 2. The average molecular weight is 617 g/mol. The van der Waals surface area contributed by atoms with Crippen molar-refractivity contribution in [2.24, 2.45) is 0 Å². The molecule has 1 aliphatic carbocycles. The fourth-order valence-electron chi connectivity index (χ4n) is 5.75. The lowest BCUT2D eigenvalue weighted by Crippen LogP contribution is -2.20. The Morgan fingerprint density at radius 3 is 2.73 bits per heavy atom. The van der Waals surface area contributed by atoms with Gasteiger partial charge in [-0.3, -0.25) is 0 Å². The van der Waals surface area contributed by atoms with Crippen LogP contribution in [0.3, 0.4) is 0 Å². The van der Waals surface area contributed by atoms with E-state index in [1.54, 1.807) is 18.4 Å². The van der Waals surface area contributed by atoms with Gasteiger partial charge in [-0.1, -0.05) is 28.7 Å². The smallest absolute Gasteiger partial charge is 0.342 e. The fraction of sp³-hybridized carbons (Fsp3) is 0.464. The van der Waals surface area contributed by atoms with Gasteiger partial charge in [0.15, 0.2) is 23.3 Å². The summed E-state index contributed by atoms with van der Waals surface area (Å²) in [4.78, 5) is 18.0. The molecule has 4 heterocycles. The molecule has 2 atom stereocenters. The maximum absolute atomic E-state index is 15.4. The lowest BCUT2D eigenvalue weighted by atomic mass is 9.90. The predicted octanol–water partition coefficient (Wildman–Crippen LogP) is 6.20. The minimum absolute atomic E-state index is 0.315. The van der Waals surface area contributed by atoms with Crippen molar-refractivity contribution in [2.45, 2.75) is 75.6 Å². The molecular weight excluding hydrogens is 588 g/mol. The largest absolute Gasteiger partial charge is 0.490 e. The number of ether oxygens (including phenoxy) is 3. The summed E-state index contributed by atoms with van der Waals surface area (Å²) in [7, 11) is 0. The molecule has 9 heteroatoms. The van der Waals surface area contributed by atoms with Gasteiger partial charge in [-0.2, -0.15) is 5.10 Å². The number of alkyl halides is 1. The summed E-state index contributed by atoms with van der Waals surface area (Å²) in [6.45, 7) is 7.74. The third-order valence-electron chi connectivity index (χ3n) is 7.44. The van der Waals surface area contributed by atoms with Crippen LogP contribution in [0.1, 0.15) is 73.6 Å². The van der Waals surface area contributed by atoms with Gasteiger partial charge < -0.3 is 14.2 Å². The van der Waals surface area contributed by atoms with Crippen LogP contribution in [0.4, 0.5) is 4.39 Å². The first-order valence-electron chi connectivity index (χ1n) is 12.7. The van der Waals surface area contributed by atoms with Crippen LogP contribution in [0.2, 0.25) is 0 Å². The van der Waals surface area contributed by atoms with E-state index in [9.17, 15) is 4.79 Å². The minimum Gasteiger partial charge on any atom is -0.490 e. The Labute approximate surface area is 228 Å². The number of hydrogen-bond acceptors (Lipinski definition) is 6. The van der Waals surface area contributed by atoms with Crippen molar-refractivity contribution in [2.75, 3.05) is 6.61 Å². The van der Waals surface area contributed by atoms with Crippen molar-refractivity contribution >= 4 is 39.8 Å². The Hall–Kier alpha value is -2.53. The maximum atomic E-state index is 15.4. The zero-order valence-electron chi connectivity index (χ0n) is 21.4. The number of benzene rings is 1. The normalized spacial score (nSPS) is 23.0. The summed E-state index contributed by atoms with van der Waals surface area (Å²) in [5, 5.41) is 4.76. The molecule has 2 unspecified atom stereocenters. The van der Waals surface area contributed by atoms with Crippen LogP contribution in [0.25, 0.3) is 22.5 Å². The number of fused-ring (bicyclic) bond motifs is 2. The molecule has 6 rings (SSSR count). The minimum atomic E-state index is -1.08. The molecule has 0 radical (unpaired) electrons. The van der Waals surface area contributed by atoms with Crippen molar-refractivity contribution in [3.8, 4) is 17.0 Å². The summed E-state index contributed by atoms with van der Waals surface area (Å²) >= 11 is 2.46. The quantitative estimate of drug-likeness (QED) is 0.198. The molecule has 2 aromatic heterocycles. The monoisotopic (exact) mass is 617 g/mol. The molecule has 194 valence electrons. The Bertz CT molecular complexity index is 1480. The Kier molecular flexibility index (Phi) is 6.06. The topological polar surface area (TPSA) is 75.0 Å². The number of carbonyl (C=O) groups excluding carboxylic acids is 1. The fourth-order valence-corrected chi connectivity index (χ4v) is 6.62. The number of nitrogens with zero attached hydrogens (tertiary/aromatic N) is 3. The number of halogens is 2. The van der Waals surface area contributed by atoms with Gasteiger partial charge in [-0.15, -0.1) is 0 Å². The molecule has 7 nitrogen and oxygen atoms in total. The van der Waals surface area contributed by atoms with E-state index in [2.05, 4.69) is 28.7 Å². The highest BCUT2D eigenvalue weighted by molar-refractivity contribution is 14.1. The zero-order chi connectivity index (χ0) is 26.1. The number of aryl methyl sites for hydroxylation is 1. The van der Waals surface area contributed by atoms with Crippen molar-refractivity contribution in [3.05, 3.63) is 52.1 Å². The lowest BCUT2D eigenvalue weighted by molar-refractivity contribution is -0.160. The van der Waals surface area contributed by atoms with Crippen LogP contribution in [0, 0.1) is 19.7 Å². The average Bonchev–Trinajstić information content (AvgIpc) is 3.39. The second kappa shape index (κ2) is 9.04. The van der Waals surface area contributed by atoms with Gasteiger partial charge in [0.25, 0.3) is 0 Å². The van der Waals surface area contributed by atoms with Crippen molar-refractivity contribution in [1.82, 2.24) is 14.6 Å². The lowest BCUT2D eigenvalue weighted by Gasteiger charge is -2.24. The van der Waals surface area contributed by atoms with Crippen molar-refractivity contribution in [1.29, 1.82) is 0 Å². The maximum Gasteiger partial charge on any atom is 0.342 e. The number of hydrogen-bond donors (Lipinski definition) is 0. The second-order valence-electron chi connectivity index (χ2n) is 10.5. The molecule has 0 spiro atoms. The number of esters is 1. The second-order valence-corrected chi connectivity index (χ2v) is 12.1. The van der Waals surface area contributed by atoms with Crippen LogP contribution < -0.4 is 4.74 Å². The van der Waals surface area contributed by atoms with Crippen LogP contribution in [-0.2, 0) is 20.7 Å². The molecule has 0 amide bonds. The Morgan fingerprint density at radius 2 is 2.00 bits per heavy atom. The molecule has 0 bridgehead atoms. The van der Waals surface area contributed by atoms with E-state index < -0.39 is 23.7 Å². The van der Waals surface area contributed by atoms with E-state index in [1.165, 1.54) is 11.6 Å². The van der Waals surface area contributed by atoms with Crippen LogP contribution in [-0.4, -0.2) is 36.9 Å². The van der Waals surface area contributed by atoms with Crippen LogP contribution >= 0.6 is 22.6 Å². The highest BCUT2D eigenvalue weighted by atomic mass is 127. The van der Waals surface area contributed by atoms with Gasteiger partial charge in [0.05, 0.1) is 18.5 Å². The summed E-state index contributed by atoms with van der Waals surface area (Å²) < 4.78 is 34.9. The number of aromatic nitrogens is 3. The van der Waals surface area contributed by atoms with Gasteiger partial charge in [-0.25, -0.2) is 18.7 Å². The van der Waals surface area contributed by atoms with Gasteiger partial charge in [-0.05, 0) is 63.2 Å². The molecule has 1 fully saturated rings. The van der Waals surface area contributed by atoms with Gasteiger partial charge in [0, 0.05) is 45.7 Å². The van der Waals surface area contributed by atoms with E-state index >= 15 is 4.39 Å². The summed E-state index contributed by atoms with van der Waals surface area (Å²) in [6, 6.07) is 1.49.